The average Bonchev–Trinajstić information content (AvgIpc) is 3.79. The molecule has 7 aromatic rings. The maximum atomic E-state index is 5.18. The summed E-state index contributed by atoms with van der Waals surface area (Å²) in [6.45, 7) is 2.21. The van der Waals surface area contributed by atoms with Gasteiger partial charge in [0.15, 0.2) is 23.3 Å². The predicted octanol–water partition coefficient (Wildman–Crippen LogP) is 8.21. The number of nitrogens with zero attached hydrogens (tertiary/aromatic N) is 6. The van der Waals surface area contributed by atoms with Crippen molar-refractivity contribution >= 4 is 44.1 Å². The Morgan fingerprint density at radius 2 is 0.889 bits per heavy atom. The quantitative estimate of drug-likeness (QED) is 0.190. The van der Waals surface area contributed by atoms with Gasteiger partial charge >= 0.3 is 0 Å². The maximum absolute atomic E-state index is 5.18. The van der Waals surface area contributed by atoms with Crippen LogP contribution < -0.4 is 0 Å². The molecule has 0 fully saturated rings. The average molecular weight is 634 g/mol. The number of aromatic nitrogens is 8. The summed E-state index contributed by atoms with van der Waals surface area (Å²) in [5.74, 6) is 2.44. The van der Waals surface area contributed by atoms with Crippen LogP contribution in [0.2, 0.25) is 0 Å². The molecule has 221 valence electrons. The molecule has 3 aromatic heterocycles. The normalized spacial score (nSPS) is 11.8. The van der Waals surface area contributed by atoms with Crippen molar-refractivity contribution in [2.75, 3.05) is 0 Å². The molecule has 9 rings (SSSR count). The summed E-state index contributed by atoms with van der Waals surface area (Å²) < 4.78 is 0. The first kappa shape index (κ1) is 27.3. The molecule has 5 heterocycles. The van der Waals surface area contributed by atoms with E-state index in [0.717, 1.165) is 68.7 Å². The van der Waals surface area contributed by atoms with Crippen LogP contribution in [0.3, 0.4) is 0 Å². The van der Waals surface area contributed by atoms with Gasteiger partial charge in [-0.05, 0) is 18.4 Å². The Kier molecular flexibility index (Phi) is 6.52. The number of nitrogens with one attached hydrogen (secondary N) is 2. The van der Waals surface area contributed by atoms with Crippen molar-refractivity contribution < 1.29 is 17.1 Å². The van der Waals surface area contributed by atoms with E-state index in [-0.39, 0.29) is 17.1 Å². The van der Waals surface area contributed by atoms with E-state index >= 15 is 0 Å². The Hall–Kier alpha value is -5.24. The summed E-state index contributed by atoms with van der Waals surface area (Å²) >= 11 is 0. The van der Waals surface area contributed by atoms with Crippen LogP contribution in [0.25, 0.3) is 89.7 Å². The number of H-pyrrole nitrogens is 2. The molecule has 0 saturated carbocycles. The van der Waals surface area contributed by atoms with Crippen LogP contribution in [0.5, 0.6) is 0 Å². The van der Waals surface area contributed by atoms with Gasteiger partial charge < -0.3 is 9.97 Å². The number of aromatic amines is 2. The van der Waals surface area contributed by atoms with Crippen molar-refractivity contribution in [3.8, 4) is 45.6 Å². The van der Waals surface area contributed by atoms with Gasteiger partial charge in [0, 0.05) is 60.9 Å². The van der Waals surface area contributed by atoms with Crippen LogP contribution in [0.15, 0.2) is 91.0 Å². The van der Waals surface area contributed by atoms with Crippen LogP contribution in [0, 0.1) is 0 Å². The second kappa shape index (κ2) is 10.7. The molecule has 45 heavy (non-hydrogen) atoms. The molecule has 2 N–H and O–H groups in total. The van der Waals surface area contributed by atoms with Crippen LogP contribution in [-0.4, -0.2) is 39.9 Å². The van der Waals surface area contributed by atoms with Crippen LogP contribution in [-0.2, 0) is 23.5 Å². The SMILES string of the molecule is CCCCc1cccc2c3nc4nc(nc5[nH]c(nc6nc(nc([nH]3)c12)-c1ccccc1-6)c1ccccc51)-c1ccccc1-4.[Cu]. The fourth-order valence-electron chi connectivity index (χ4n) is 6.34. The van der Waals surface area contributed by atoms with E-state index in [1.807, 2.05) is 60.7 Å². The Labute approximate surface area is 268 Å². The van der Waals surface area contributed by atoms with Crippen LogP contribution in [0.1, 0.15) is 25.3 Å². The number of fused-ring (bicyclic) bond motifs is 20. The number of benzene rings is 4. The second-order valence-corrected chi connectivity index (χ2v) is 11.2. The van der Waals surface area contributed by atoms with E-state index in [9.17, 15) is 0 Å². The van der Waals surface area contributed by atoms with Gasteiger partial charge in [-0.1, -0.05) is 104 Å². The molecule has 9 heteroatoms. The van der Waals surface area contributed by atoms with Gasteiger partial charge in [0.1, 0.15) is 22.6 Å². The number of unbranched alkanes of at least 4 members (excludes halogenated alkanes) is 1. The molecule has 8 nitrogen and oxygen atoms in total. The number of hydrogen-bond donors (Lipinski definition) is 2. The van der Waals surface area contributed by atoms with Crippen molar-refractivity contribution in [2.24, 2.45) is 0 Å². The number of aryl methyl sites for hydroxylation is 1. The van der Waals surface area contributed by atoms with E-state index in [0.29, 0.717) is 40.2 Å². The maximum Gasteiger partial charge on any atom is 0.164 e. The summed E-state index contributed by atoms with van der Waals surface area (Å²) in [7, 11) is 0. The fraction of sp³-hybridized carbons (Fsp3) is 0.111. The van der Waals surface area contributed by atoms with Gasteiger partial charge in [0.2, 0.25) is 0 Å². The smallest absolute Gasteiger partial charge is 0.164 e. The molecule has 0 atom stereocenters. The molecular formula is C36H26CuN8. The van der Waals surface area contributed by atoms with Gasteiger partial charge in [-0.2, -0.15) is 0 Å². The van der Waals surface area contributed by atoms with Gasteiger partial charge in [-0.25, -0.2) is 29.9 Å². The Morgan fingerprint density at radius 1 is 0.467 bits per heavy atom. The van der Waals surface area contributed by atoms with Gasteiger partial charge in [-0.15, -0.1) is 0 Å². The Bertz CT molecular complexity index is 2450. The van der Waals surface area contributed by atoms with Gasteiger partial charge in [0.05, 0.1) is 0 Å². The zero-order valence-electron chi connectivity index (χ0n) is 24.3. The molecule has 2 aliphatic rings. The van der Waals surface area contributed by atoms with Gasteiger partial charge in [0.25, 0.3) is 0 Å². The molecular weight excluding hydrogens is 608 g/mol. The zero-order valence-corrected chi connectivity index (χ0v) is 25.2. The van der Waals surface area contributed by atoms with E-state index < -0.39 is 0 Å². The van der Waals surface area contributed by atoms with Crippen molar-refractivity contribution in [1.82, 2.24) is 39.9 Å². The van der Waals surface area contributed by atoms with E-state index in [2.05, 4.69) is 47.2 Å². The van der Waals surface area contributed by atoms with E-state index in [4.69, 9.17) is 29.9 Å². The summed E-state index contributed by atoms with van der Waals surface area (Å²) in [5, 5.41) is 3.99. The molecule has 0 saturated heterocycles. The zero-order chi connectivity index (χ0) is 29.2. The third kappa shape index (κ3) is 4.35. The van der Waals surface area contributed by atoms with E-state index in [1.54, 1.807) is 0 Å². The van der Waals surface area contributed by atoms with Gasteiger partial charge in [-0.3, -0.25) is 0 Å². The predicted molar refractivity (Wildman–Crippen MR) is 175 cm³/mol. The third-order valence-corrected chi connectivity index (χ3v) is 8.47. The van der Waals surface area contributed by atoms with Crippen molar-refractivity contribution in [2.45, 2.75) is 26.2 Å². The van der Waals surface area contributed by atoms with Crippen LogP contribution in [0.4, 0.5) is 0 Å². The number of rotatable bonds is 3. The summed E-state index contributed by atoms with van der Waals surface area (Å²) in [5.41, 5.74) is 7.82. The molecule has 8 bridgehead atoms. The molecule has 4 aromatic carbocycles. The molecule has 0 amide bonds. The number of hydrogen-bond acceptors (Lipinski definition) is 6. The minimum absolute atomic E-state index is 0. The Balaban J connectivity index is 0.00000300. The first-order valence-electron chi connectivity index (χ1n) is 15.0. The Morgan fingerprint density at radius 3 is 1.40 bits per heavy atom. The topological polar surface area (TPSA) is 109 Å². The molecule has 1 radical (unpaired) electrons. The molecule has 0 aliphatic carbocycles. The standard InChI is InChI=1S/C36H26N8.Cu/c1-2-3-11-20-12-10-19-27-28(20)36-43-34-26-18-9-8-17-25(26)32(41-34)39-30-22-14-5-4-13-21(22)29(37-30)38-31-23-15-6-7-16-24(23)33(40-31)42-35(27)44-36;/h4-10,12-19H,2-3,11H2,1H3,(H2,37,38,39,40,41,42,43,44);. The fourth-order valence-corrected chi connectivity index (χ4v) is 6.34. The molecule has 0 unspecified atom stereocenters. The molecule has 0 spiro atoms. The van der Waals surface area contributed by atoms with Crippen LogP contribution >= 0.6 is 0 Å². The van der Waals surface area contributed by atoms with Crippen molar-refractivity contribution in [3.05, 3.63) is 96.6 Å². The van der Waals surface area contributed by atoms with E-state index in [1.165, 1.54) is 5.56 Å². The molecule has 2 aliphatic heterocycles. The first-order valence-corrected chi connectivity index (χ1v) is 15.0. The summed E-state index contributed by atoms with van der Waals surface area (Å²) in [6.07, 6.45) is 3.14. The largest absolute Gasteiger partial charge is 0.324 e. The van der Waals surface area contributed by atoms with Crippen molar-refractivity contribution in [3.63, 3.8) is 0 Å². The third-order valence-electron chi connectivity index (χ3n) is 8.47. The minimum atomic E-state index is 0. The second-order valence-electron chi connectivity index (χ2n) is 11.2. The minimum Gasteiger partial charge on any atom is -0.324 e. The van der Waals surface area contributed by atoms with Crippen molar-refractivity contribution in [1.29, 1.82) is 0 Å². The monoisotopic (exact) mass is 633 g/mol. The summed E-state index contributed by atoms with van der Waals surface area (Å²) in [6, 6.07) is 30.7. The first-order chi connectivity index (χ1) is 21.7. The summed E-state index contributed by atoms with van der Waals surface area (Å²) in [4.78, 5) is 37.5.